The Morgan fingerprint density at radius 3 is 1.60 bits per heavy atom. The van der Waals surface area contributed by atoms with Crippen molar-refractivity contribution in [2.75, 3.05) is 7.05 Å². The van der Waals surface area contributed by atoms with E-state index in [4.69, 9.17) is 10.2 Å². The molecule has 0 rings (SSSR count). The van der Waals surface area contributed by atoms with Gasteiger partial charge in [0.15, 0.2) is 0 Å². The van der Waals surface area contributed by atoms with Crippen molar-refractivity contribution in [2.45, 2.75) is 0 Å². The Morgan fingerprint density at radius 1 is 1.20 bits per heavy atom. The van der Waals surface area contributed by atoms with Crippen molar-refractivity contribution >= 4 is 18.0 Å². The predicted molar refractivity (Wildman–Crippen MR) is 47.6 cm³/mol. The molecule has 84 valence electrons. The quantitative estimate of drug-likeness (QED) is 0.327. The van der Waals surface area contributed by atoms with Gasteiger partial charge in [-0.3, -0.25) is 0 Å². The number of carboxylic acid groups (broad SMARTS) is 2. The van der Waals surface area contributed by atoms with Gasteiger partial charge in [-0.2, -0.15) is 5.01 Å². The number of hydrogen-bond donors (Lipinski definition) is 3. The fourth-order valence-electron chi connectivity index (χ4n) is 0.183. The molecule has 2 amide bonds. The van der Waals surface area contributed by atoms with Gasteiger partial charge in [-0.25, -0.2) is 14.4 Å². The molecule has 9 heteroatoms. The summed E-state index contributed by atoms with van der Waals surface area (Å²) in [6.07, 6.45) is 1.12. The number of hydrogen-bond acceptors (Lipinski definition) is 5. The molecule has 0 aliphatic carbocycles. The summed E-state index contributed by atoms with van der Waals surface area (Å²) in [6, 6.07) is -0.852. The van der Waals surface area contributed by atoms with Crippen molar-refractivity contribution < 1.29 is 24.6 Å². The minimum absolute atomic E-state index is 0.500. The van der Waals surface area contributed by atoms with Crippen LogP contribution in [-0.2, 0) is 9.59 Å². The molecule has 0 aromatic heterocycles. The zero-order valence-corrected chi connectivity index (χ0v) is 7.65. The number of rotatable bonds is 3. The Kier molecular flexibility index (Phi) is 8.18. The fraction of sp³-hybridized carbons (Fsp3) is 0.167. The lowest BCUT2D eigenvalue weighted by Gasteiger charge is -1.97. The summed E-state index contributed by atoms with van der Waals surface area (Å²) >= 11 is 0. The molecule has 0 aliphatic rings. The number of carbonyl (C=O) groups excluding carboxylic acids is 1. The molecular weight excluding hydrogens is 210 g/mol. The molecule has 0 aromatic rings. The van der Waals surface area contributed by atoms with E-state index in [1.807, 2.05) is 0 Å². The molecule has 0 spiro atoms. The molecule has 0 atom stereocenters. The van der Waals surface area contributed by atoms with Crippen LogP contribution in [0.25, 0.3) is 0 Å². The van der Waals surface area contributed by atoms with Crippen LogP contribution in [0.4, 0.5) is 4.79 Å². The van der Waals surface area contributed by atoms with Gasteiger partial charge in [-0.15, -0.1) is 4.91 Å². The van der Waals surface area contributed by atoms with Crippen molar-refractivity contribution in [1.82, 2.24) is 5.01 Å². The molecule has 15 heavy (non-hydrogen) atoms. The number of nitrogens with two attached hydrogens (primary N) is 1. The predicted octanol–water partition coefficient (Wildman–Crippen LogP) is -0.610. The average molecular weight is 219 g/mol. The topological polar surface area (TPSA) is 150 Å². The lowest BCUT2D eigenvalue weighted by atomic mass is 10.5. The largest absolute Gasteiger partial charge is 0.478 e. The smallest absolute Gasteiger partial charge is 0.337 e. The van der Waals surface area contributed by atoms with Gasteiger partial charge in [-0.1, -0.05) is 0 Å². The summed E-state index contributed by atoms with van der Waals surface area (Å²) in [5.74, 6) is -2.51. The van der Waals surface area contributed by atoms with E-state index in [0.717, 1.165) is 0 Å². The summed E-state index contributed by atoms with van der Waals surface area (Å²) < 4.78 is 0. The van der Waals surface area contributed by atoms with Crippen LogP contribution in [0.2, 0.25) is 0 Å². The van der Waals surface area contributed by atoms with Crippen molar-refractivity contribution in [3.63, 3.8) is 0 Å². The Bertz CT molecular complexity index is 271. The van der Waals surface area contributed by atoms with E-state index < -0.39 is 18.0 Å². The molecule has 0 aromatic carbocycles. The van der Waals surface area contributed by atoms with E-state index >= 15 is 0 Å². The number of carbonyl (C=O) groups is 3. The lowest BCUT2D eigenvalue weighted by Crippen LogP contribution is -2.26. The molecule has 9 nitrogen and oxygen atoms in total. The SMILES string of the molecule is CN(N=O)C(N)=O.O=C(O)/C=C\C(=O)O. The number of amides is 2. The molecule has 4 N–H and O–H groups in total. The first-order chi connectivity index (χ1) is 6.81. The Morgan fingerprint density at radius 2 is 1.53 bits per heavy atom. The highest BCUT2D eigenvalue weighted by Crippen LogP contribution is 1.76. The fourth-order valence-corrected chi connectivity index (χ4v) is 0.183. The third-order valence-corrected chi connectivity index (χ3v) is 0.810. The van der Waals surface area contributed by atoms with Crippen LogP contribution in [0.5, 0.6) is 0 Å². The van der Waals surface area contributed by atoms with E-state index in [1.165, 1.54) is 7.05 Å². The molecular formula is C6H9N3O6. The molecule has 0 aliphatic heterocycles. The molecule has 0 saturated heterocycles. The van der Waals surface area contributed by atoms with E-state index in [2.05, 4.69) is 11.0 Å². The maximum absolute atomic E-state index is 9.78. The van der Waals surface area contributed by atoms with E-state index in [0.29, 0.717) is 17.2 Å². The van der Waals surface area contributed by atoms with Crippen LogP contribution in [-0.4, -0.2) is 40.2 Å². The van der Waals surface area contributed by atoms with Gasteiger partial charge in [0.25, 0.3) is 0 Å². The Labute approximate surface area is 83.7 Å². The van der Waals surface area contributed by atoms with Crippen LogP contribution in [0.15, 0.2) is 17.4 Å². The average Bonchev–Trinajstić information content (AvgIpc) is 2.14. The molecule has 0 unspecified atom stereocenters. The first-order valence-corrected chi connectivity index (χ1v) is 3.31. The number of aliphatic carboxylic acids is 2. The zero-order chi connectivity index (χ0) is 12.4. The van der Waals surface area contributed by atoms with Gasteiger partial charge in [0.1, 0.15) is 0 Å². The number of urea groups is 1. The number of carboxylic acids is 2. The summed E-state index contributed by atoms with van der Waals surface area (Å²) in [5, 5.41) is 18.3. The second kappa shape index (κ2) is 8.16. The highest BCUT2D eigenvalue weighted by Gasteiger charge is 1.97. The third kappa shape index (κ3) is 14.4. The number of primary amides is 1. The maximum Gasteiger partial charge on any atom is 0.337 e. The van der Waals surface area contributed by atoms with Gasteiger partial charge in [0, 0.05) is 19.2 Å². The van der Waals surface area contributed by atoms with Crippen LogP contribution < -0.4 is 5.73 Å². The summed E-state index contributed by atoms with van der Waals surface area (Å²) in [5.41, 5.74) is 4.54. The molecule has 0 fully saturated rings. The van der Waals surface area contributed by atoms with Gasteiger partial charge in [-0.05, 0) is 0 Å². The minimum atomic E-state index is -1.26. The van der Waals surface area contributed by atoms with Crippen molar-refractivity contribution in [3.05, 3.63) is 17.1 Å². The van der Waals surface area contributed by atoms with Crippen LogP contribution in [0.3, 0.4) is 0 Å². The molecule has 0 bridgehead atoms. The third-order valence-electron chi connectivity index (χ3n) is 0.810. The molecule has 0 saturated carbocycles. The van der Waals surface area contributed by atoms with E-state index in [-0.39, 0.29) is 0 Å². The second-order valence-electron chi connectivity index (χ2n) is 1.95. The van der Waals surface area contributed by atoms with Gasteiger partial charge < -0.3 is 15.9 Å². The Balaban J connectivity index is 0. The number of nitroso groups, excluding NO2 is 1. The summed E-state index contributed by atoms with van der Waals surface area (Å²) in [4.78, 5) is 38.2. The summed E-state index contributed by atoms with van der Waals surface area (Å²) in [6.45, 7) is 0. The summed E-state index contributed by atoms with van der Waals surface area (Å²) in [7, 11) is 1.18. The van der Waals surface area contributed by atoms with Gasteiger partial charge >= 0.3 is 18.0 Å². The highest BCUT2D eigenvalue weighted by atomic mass is 16.4. The van der Waals surface area contributed by atoms with Crippen LogP contribution in [0, 0.1) is 4.91 Å². The first-order valence-electron chi connectivity index (χ1n) is 3.31. The van der Waals surface area contributed by atoms with Crippen LogP contribution >= 0.6 is 0 Å². The standard InChI is InChI=1S/C4H4O4.C2H5N3O2/c5-3(6)1-2-4(7)8;1-5(4-7)2(3)6/h1-2H,(H,5,6)(H,7,8);1H3,(H2,3,6)/b2-1-;. The zero-order valence-electron chi connectivity index (χ0n) is 7.65. The van der Waals surface area contributed by atoms with Gasteiger partial charge in [0.2, 0.25) is 0 Å². The Hall–Kier alpha value is -2.45. The highest BCUT2D eigenvalue weighted by molar-refractivity contribution is 5.89. The molecule has 0 heterocycles. The first kappa shape index (κ1) is 15.0. The monoisotopic (exact) mass is 219 g/mol. The minimum Gasteiger partial charge on any atom is -0.478 e. The van der Waals surface area contributed by atoms with E-state index in [1.54, 1.807) is 0 Å². The van der Waals surface area contributed by atoms with E-state index in [9.17, 15) is 19.3 Å². The number of nitrogens with zero attached hydrogens (tertiary/aromatic N) is 2. The van der Waals surface area contributed by atoms with Crippen molar-refractivity contribution in [2.24, 2.45) is 11.0 Å². The lowest BCUT2D eigenvalue weighted by molar-refractivity contribution is -0.134. The van der Waals surface area contributed by atoms with Crippen molar-refractivity contribution in [1.29, 1.82) is 0 Å². The molecule has 0 radical (unpaired) electrons. The second-order valence-corrected chi connectivity index (χ2v) is 1.95. The normalized spacial score (nSPS) is 8.60. The van der Waals surface area contributed by atoms with Crippen LogP contribution in [0.1, 0.15) is 0 Å². The van der Waals surface area contributed by atoms with Crippen molar-refractivity contribution in [3.8, 4) is 0 Å². The van der Waals surface area contributed by atoms with Gasteiger partial charge in [0.05, 0.1) is 5.29 Å². The maximum atomic E-state index is 9.78.